The highest BCUT2D eigenvalue weighted by atomic mass is 35.5. The fourth-order valence-corrected chi connectivity index (χ4v) is 4.63. The van der Waals surface area contributed by atoms with Gasteiger partial charge in [-0.15, -0.1) is 11.3 Å². The molecule has 14 heteroatoms. The van der Waals surface area contributed by atoms with Gasteiger partial charge in [-0.1, -0.05) is 17.7 Å². The number of rotatable bonds is 5. The number of halogens is 5. The summed E-state index contributed by atoms with van der Waals surface area (Å²) in [7, 11) is 0. The molecule has 2 atom stereocenters. The van der Waals surface area contributed by atoms with Gasteiger partial charge in [0.25, 0.3) is 5.91 Å². The largest absolute Gasteiger partial charge is 0.480 e. The van der Waals surface area contributed by atoms with E-state index in [9.17, 15) is 37.4 Å². The van der Waals surface area contributed by atoms with Crippen molar-refractivity contribution in [1.82, 2.24) is 9.97 Å². The molecule has 2 N–H and O–H groups in total. The fraction of sp³-hybridized carbons (Fsp3) is 0.238. The molecule has 0 spiro atoms. The molecule has 2 unspecified atom stereocenters. The van der Waals surface area contributed by atoms with Crippen LogP contribution in [0.25, 0.3) is 0 Å². The zero-order valence-electron chi connectivity index (χ0n) is 17.4. The highest BCUT2D eigenvalue weighted by molar-refractivity contribution is 7.14. The van der Waals surface area contributed by atoms with Gasteiger partial charge in [-0.05, 0) is 18.2 Å². The summed E-state index contributed by atoms with van der Waals surface area (Å²) < 4.78 is 54.7. The van der Waals surface area contributed by atoms with Crippen molar-refractivity contribution >= 4 is 51.5 Å². The van der Waals surface area contributed by atoms with Gasteiger partial charge >= 0.3 is 12.1 Å². The Labute approximate surface area is 204 Å². The molecular formula is C21H15ClF4N4O4S. The first-order valence-electron chi connectivity index (χ1n) is 9.91. The summed E-state index contributed by atoms with van der Waals surface area (Å²) in [6, 6.07) is 2.58. The third kappa shape index (κ3) is 4.79. The van der Waals surface area contributed by atoms with Gasteiger partial charge in [0.05, 0.1) is 27.9 Å². The van der Waals surface area contributed by atoms with Crippen molar-refractivity contribution in [3.63, 3.8) is 0 Å². The zero-order chi connectivity index (χ0) is 25.5. The lowest BCUT2D eigenvalue weighted by molar-refractivity contribution is -0.140. The molecule has 2 aromatic heterocycles. The summed E-state index contributed by atoms with van der Waals surface area (Å²) >= 11 is 7.17. The number of hydrogen-bond acceptors (Lipinski definition) is 7. The van der Waals surface area contributed by atoms with E-state index in [4.69, 9.17) is 11.6 Å². The van der Waals surface area contributed by atoms with E-state index in [1.165, 1.54) is 16.5 Å². The SMILES string of the molecule is O=C(O)C1CC(O)CN1c1ncc(C(=O)N(c2nccs2)c2cccc(C(F)(F)F)c2F)cc1Cl. The molecule has 0 aliphatic carbocycles. The first-order chi connectivity index (χ1) is 16.5. The van der Waals surface area contributed by atoms with Crippen LogP contribution in [0.4, 0.5) is 34.2 Å². The number of carbonyl (C=O) groups is 2. The van der Waals surface area contributed by atoms with Crippen molar-refractivity contribution < 1.29 is 37.4 Å². The molecular weight excluding hydrogens is 516 g/mol. The summed E-state index contributed by atoms with van der Waals surface area (Å²) in [6.45, 7) is -0.0579. The number of pyridine rings is 1. The van der Waals surface area contributed by atoms with Crippen molar-refractivity contribution in [3.05, 3.63) is 64.0 Å². The number of carboxylic acids is 1. The molecule has 3 aromatic rings. The molecule has 1 saturated heterocycles. The topological polar surface area (TPSA) is 107 Å². The Morgan fingerprint density at radius 1 is 1.26 bits per heavy atom. The van der Waals surface area contributed by atoms with Gasteiger partial charge in [-0.2, -0.15) is 13.2 Å². The van der Waals surface area contributed by atoms with Crippen molar-refractivity contribution in [2.24, 2.45) is 0 Å². The van der Waals surface area contributed by atoms with Gasteiger partial charge in [0, 0.05) is 30.7 Å². The molecule has 1 fully saturated rings. The second kappa shape index (κ2) is 9.40. The third-order valence-corrected chi connectivity index (χ3v) is 6.28. The van der Waals surface area contributed by atoms with Gasteiger partial charge in [0.2, 0.25) is 0 Å². The number of aliphatic hydroxyl groups is 1. The molecule has 3 heterocycles. The van der Waals surface area contributed by atoms with E-state index in [-0.39, 0.29) is 34.5 Å². The van der Waals surface area contributed by atoms with Gasteiger partial charge in [-0.25, -0.2) is 24.1 Å². The summed E-state index contributed by atoms with van der Waals surface area (Å²) in [5, 5.41) is 20.5. The Bertz CT molecular complexity index is 1270. The van der Waals surface area contributed by atoms with E-state index < -0.39 is 47.3 Å². The van der Waals surface area contributed by atoms with E-state index in [0.717, 1.165) is 35.7 Å². The lowest BCUT2D eigenvalue weighted by atomic mass is 10.1. The van der Waals surface area contributed by atoms with E-state index in [1.54, 1.807) is 0 Å². The Kier molecular flexibility index (Phi) is 6.66. The standard InChI is InChI=1S/C21H15ClF4N4O4S/c22-13-6-10(8-28-17(13)29-9-11(31)7-15(29)19(33)34)18(32)30(20-27-4-5-35-20)14-3-1-2-12(16(14)23)21(24,25)26/h1-6,8,11,15,31H,7,9H2,(H,33,34). The van der Waals surface area contributed by atoms with Crippen LogP contribution in [-0.2, 0) is 11.0 Å². The monoisotopic (exact) mass is 530 g/mol. The Hall–Kier alpha value is -3.29. The van der Waals surface area contributed by atoms with Crippen LogP contribution in [0, 0.1) is 5.82 Å². The lowest BCUT2D eigenvalue weighted by Gasteiger charge is -2.24. The summed E-state index contributed by atoms with van der Waals surface area (Å²) in [6.07, 6.45) is -3.64. The van der Waals surface area contributed by atoms with Crippen molar-refractivity contribution in [2.75, 3.05) is 16.3 Å². The zero-order valence-corrected chi connectivity index (χ0v) is 19.0. The van der Waals surface area contributed by atoms with E-state index >= 15 is 0 Å². The first kappa shape index (κ1) is 24.8. The number of aliphatic hydroxyl groups excluding tert-OH is 1. The summed E-state index contributed by atoms with van der Waals surface area (Å²) in [4.78, 5) is 34.8. The van der Waals surface area contributed by atoms with Gasteiger partial charge in [0.1, 0.15) is 11.9 Å². The molecule has 184 valence electrons. The van der Waals surface area contributed by atoms with Crippen LogP contribution in [-0.4, -0.2) is 50.7 Å². The summed E-state index contributed by atoms with van der Waals surface area (Å²) in [5.41, 5.74) is -2.44. The van der Waals surface area contributed by atoms with Gasteiger partial charge in [-0.3, -0.25) is 4.79 Å². The number of β-amino-alcohol motifs (C(OH)–C–C–N with tert-alkyl or cyclic N) is 1. The Morgan fingerprint density at radius 2 is 2.00 bits per heavy atom. The van der Waals surface area contributed by atoms with Crippen molar-refractivity contribution in [3.8, 4) is 0 Å². The van der Waals surface area contributed by atoms with Crippen LogP contribution < -0.4 is 9.80 Å². The third-order valence-electron chi connectivity index (χ3n) is 5.24. The fourth-order valence-electron chi connectivity index (χ4n) is 3.71. The van der Waals surface area contributed by atoms with Gasteiger partial charge in [0.15, 0.2) is 10.9 Å². The predicted octanol–water partition coefficient (Wildman–Crippen LogP) is 4.35. The minimum absolute atomic E-state index is 0.00165. The number of alkyl halides is 3. The van der Waals surface area contributed by atoms with Crippen LogP contribution in [0.5, 0.6) is 0 Å². The minimum atomic E-state index is -4.99. The number of thiazole rings is 1. The van der Waals surface area contributed by atoms with E-state index in [2.05, 4.69) is 9.97 Å². The van der Waals surface area contributed by atoms with Gasteiger partial charge < -0.3 is 15.1 Å². The molecule has 0 bridgehead atoms. The molecule has 0 radical (unpaired) electrons. The smallest absolute Gasteiger partial charge is 0.419 e. The minimum Gasteiger partial charge on any atom is -0.480 e. The first-order valence-corrected chi connectivity index (χ1v) is 11.2. The molecule has 1 aromatic carbocycles. The number of carbonyl (C=O) groups excluding carboxylic acids is 1. The number of aliphatic carboxylic acids is 1. The number of carboxylic acid groups (broad SMARTS) is 1. The average Bonchev–Trinajstić information content (AvgIpc) is 3.44. The normalized spacial score (nSPS) is 18.1. The molecule has 4 rings (SSSR count). The second-order valence-electron chi connectivity index (χ2n) is 7.52. The van der Waals surface area contributed by atoms with Crippen molar-refractivity contribution in [1.29, 1.82) is 0 Å². The maximum absolute atomic E-state index is 14.9. The molecule has 0 saturated carbocycles. The molecule has 1 aliphatic rings. The highest BCUT2D eigenvalue weighted by Gasteiger charge is 2.39. The van der Waals surface area contributed by atoms with E-state index in [0.29, 0.717) is 11.0 Å². The summed E-state index contributed by atoms with van der Waals surface area (Å²) in [5.74, 6) is -3.82. The average molecular weight is 531 g/mol. The number of benzene rings is 1. The van der Waals surface area contributed by atoms with E-state index in [1.807, 2.05) is 0 Å². The Morgan fingerprint density at radius 3 is 2.60 bits per heavy atom. The number of hydrogen-bond donors (Lipinski definition) is 2. The highest BCUT2D eigenvalue weighted by Crippen LogP contribution is 2.39. The maximum Gasteiger partial charge on any atom is 0.419 e. The lowest BCUT2D eigenvalue weighted by Crippen LogP contribution is -2.37. The number of aromatic nitrogens is 2. The molecule has 8 nitrogen and oxygen atoms in total. The molecule has 1 aliphatic heterocycles. The Balaban J connectivity index is 1.75. The van der Waals surface area contributed by atoms with Crippen LogP contribution in [0.2, 0.25) is 5.02 Å². The number of anilines is 3. The number of amides is 1. The van der Waals surface area contributed by atoms with Crippen LogP contribution in [0.15, 0.2) is 42.0 Å². The van der Waals surface area contributed by atoms with Crippen LogP contribution in [0.3, 0.4) is 0 Å². The molecule has 35 heavy (non-hydrogen) atoms. The van der Waals surface area contributed by atoms with Crippen LogP contribution in [0.1, 0.15) is 22.3 Å². The quantitative estimate of drug-likeness (QED) is 0.472. The maximum atomic E-state index is 14.9. The van der Waals surface area contributed by atoms with Crippen molar-refractivity contribution in [2.45, 2.75) is 24.7 Å². The van der Waals surface area contributed by atoms with Crippen LogP contribution >= 0.6 is 22.9 Å². The molecule has 1 amide bonds. The predicted molar refractivity (Wildman–Crippen MR) is 119 cm³/mol. The number of nitrogens with zero attached hydrogens (tertiary/aromatic N) is 4. The second-order valence-corrected chi connectivity index (χ2v) is 8.80.